The molecule has 1 fully saturated rings. The molecule has 3 aromatic rings. The van der Waals surface area contributed by atoms with Crippen LogP contribution in [0.25, 0.3) is 5.82 Å². The first-order valence-corrected chi connectivity index (χ1v) is 12.1. The fourth-order valence-electron chi connectivity index (χ4n) is 3.36. The molecule has 3 N–H and O–H groups in total. The highest BCUT2D eigenvalue weighted by atomic mass is 35.5. The predicted octanol–water partition coefficient (Wildman–Crippen LogP) is 1.95. The van der Waals surface area contributed by atoms with E-state index in [1.165, 1.54) is 29.1 Å². The van der Waals surface area contributed by atoms with E-state index in [0.29, 0.717) is 17.1 Å². The third-order valence-corrected chi connectivity index (χ3v) is 5.57. The van der Waals surface area contributed by atoms with E-state index in [4.69, 9.17) is 11.6 Å². The van der Waals surface area contributed by atoms with Crippen LogP contribution >= 0.6 is 11.6 Å². The Morgan fingerprint density at radius 3 is 2.66 bits per heavy atom. The standard InChI is InChI=1S/C20H22ClN7O3S/c1-32(30,31)26-17-9-15(21)8-16(10-17)25-20(29)14-12-24-28(13-14)19-11-18(2-3-23-19)27-6-4-22-5-7-27/h2-3,8-13,22,26H,4-7H2,1H3,(H,25,29). The largest absolute Gasteiger partial charge is 0.369 e. The molecule has 4 rings (SSSR count). The Kier molecular flexibility index (Phi) is 6.31. The maximum Gasteiger partial charge on any atom is 0.258 e. The van der Waals surface area contributed by atoms with Crippen LogP contribution in [0.1, 0.15) is 10.4 Å². The van der Waals surface area contributed by atoms with Crippen molar-refractivity contribution < 1.29 is 13.2 Å². The lowest BCUT2D eigenvalue weighted by Crippen LogP contribution is -2.43. The third kappa shape index (κ3) is 5.55. The highest BCUT2D eigenvalue weighted by Crippen LogP contribution is 2.24. The molecule has 0 spiro atoms. The molecule has 1 aliphatic heterocycles. The Morgan fingerprint density at radius 1 is 1.16 bits per heavy atom. The number of nitrogens with one attached hydrogen (secondary N) is 3. The molecule has 0 radical (unpaired) electrons. The molecule has 0 atom stereocenters. The molecule has 1 aliphatic rings. The number of hydrogen-bond donors (Lipinski definition) is 3. The lowest BCUT2D eigenvalue weighted by atomic mass is 10.2. The van der Waals surface area contributed by atoms with Gasteiger partial charge in [0.05, 0.1) is 23.7 Å². The number of nitrogens with zero attached hydrogens (tertiary/aromatic N) is 4. The monoisotopic (exact) mass is 475 g/mol. The zero-order valence-electron chi connectivity index (χ0n) is 17.2. The number of amides is 1. The van der Waals surface area contributed by atoms with Crippen LogP contribution in [-0.4, -0.2) is 61.5 Å². The second-order valence-corrected chi connectivity index (χ2v) is 9.52. The van der Waals surface area contributed by atoms with Crippen LogP contribution in [-0.2, 0) is 10.0 Å². The molecular formula is C20H22ClN7O3S. The van der Waals surface area contributed by atoms with E-state index in [1.807, 2.05) is 12.1 Å². The normalized spacial score (nSPS) is 14.2. The van der Waals surface area contributed by atoms with Crippen molar-refractivity contribution in [3.8, 4) is 5.82 Å². The van der Waals surface area contributed by atoms with E-state index in [1.54, 1.807) is 12.4 Å². The third-order valence-electron chi connectivity index (χ3n) is 4.75. The first-order valence-electron chi connectivity index (χ1n) is 9.83. The Morgan fingerprint density at radius 2 is 1.91 bits per heavy atom. The van der Waals surface area contributed by atoms with Crippen molar-refractivity contribution in [2.75, 3.05) is 47.4 Å². The number of halogens is 1. The van der Waals surface area contributed by atoms with Crippen LogP contribution in [0.5, 0.6) is 0 Å². The molecule has 1 amide bonds. The van der Waals surface area contributed by atoms with Crippen molar-refractivity contribution >= 4 is 44.6 Å². The predicted molar refractivity (Wildman–Crippen MR) is 124 cm³/mol. The van der Waals surface area contributed by atoms with Gasteiger partial charge in [0.1, 0.15) is 0 Å². The minimum atomic E-state index is -3.48. The summed E-state index contributed by atoms with van der Waals surface area (Å²) in [6, 6.07) is 8.34. The van der Waals surface area contributed by atoms with E-state index in [2.05, 4.69) is 30.3 Å². The minimum absolute atomic E-state index is 0.250. The Balaban J connectivity index is 1.50. The van der Waals surface area contributed by atoms with Gasteiger partial charge in [0.25, 0.3) is 5.91 Å². The molecular weight excluding hydrogens is 454 g/mol. The molecule has 0 aliphatic carbocycles. The van der Waals surface area contributed by atoms with E-state index in [9.17, 15) is 13.2 Å². The van der Waals surface area contributed by atoms with Crippen LogP contribution < -0.4 is 20.3 Å². The summed E-state index contributed by atoms with van der Waals surface area (Å²) in [7, 11) is -3.48. The van der Waals surface area contributed by atoms with Gasteiger partial charge >= 0.3 is 0 Å². The van der Waals surface area contributed by atoms with Gasteiger partial charge in [-0.25, -0.2) is 18.1 Å². The number of sulfonamides is 1. The zero-order valence-corrected chi connectivity index (χ0v) is 18.8. The topological polar surface area (TPSA) is 121 Å². The first kappa shape index (κ1) is 22.1. The lowest BCUT2D eigenvalue weighted by Gasteiger charge is -2.29. The Hall–Kier alpha value is -3.15. The average Bonchev–Trinajstić information content (AvgIpc) is 3.23. The molecule has 2 aromatic heterocycles. The summed E-state index contributed by atoms with van der Waals surface area (Å²) < 4.78 is 26.8. The molecule has 0 bridgehead atoms. The summed E-state index contributed by atoms with van der Waals surface area (Å²) >= 11 is 6.05. The highest BCUT2D eigenvalue weighted by molar-refractivity contribution is 7.92. The molecule has 0 unspecified atom stereocenters. The van der Waals surface area contributed by atoms with Crippen molar-refractivity contribution in [3.63, 3.8) is 0 Å². The number of aromatic nitrogens is 3. The quantitative estimate of drug-likeness (QED) is 0.498. The van der Waals surface area contributed by atoms with Crippen molar-refractivity contribution in [3.05, 3.63) is 59.5 Å². The van der Waals surface area contributed by atoms with Crippen molar-refractivity contribution in [2.45, 2.75) is 0 Å². The number of pyridine rings is 1. The first-order chi connectivity index (χ1) is 15.3. The van der Waals surface area contributed by atoms with E-state index in [-0.39, 0.29) is 10.7 Å². The second-order valence-electron chi connectivity index (χ2n) is 7.34. The molecule has 32 heavy (non-hydrogen) atoms. The summed E-state index contributed by atoms with van der Waals surface area (Å²) in [5.74, 6) is 0.185. The van der Waals surface area contributed by atoms with Crippen LogP contribution in [0.4, 0.5) is 17.1 Å². The van der Waals surface area contributed by atoms with Crippen LogP contribution in [0.3, 0.4) is 0 Å². The summed E-state index contributed by atoms with van der Waals surface area (Å²) in [4.78, 5) is 19.3. The molecule has 1 saturated heterocycles. The highest BCUT2D eigenvalue weighted by Gasteiger charge is 2.14. The van der Waals surface area contributed by atoms with Crippen LogP contribution in [0.2, 0.25) is 5.02 Å². The van der Waals surface area contributed by atoms with E-state index < -0.39 is 15.9 Å². The number of piperazine rings is 1. The molecule has 3 heterocycles. The van der Waals surface area contributed by atoms with Crippen molar-refractivity contribution in [1.82, 2.24) is 20.1 Å². The molecule has 168 valence electrons. The minimum Gasteiger partial charge on any atom is -0.369 e. The van der Waals surface area contributed by atoms with Gasteiger partial charge < -0.3 is 15.5 Å². The number of anilines is 3. The zero-order chi connectivity index (χ0) is 22.7. The van der Waals surface area contributed by atoms with Crippen LogP contribution in [0.15, 0.2) is 48.9 Å². The number of hydrogen-bond acceptors (Lipinski definition) is 7. The Bertz CT molecular complexity index is 1240. The average molecular weight is 476 g/mol. The number of rotatable bonds is 6. The second kappa shape index (κ2) is 9.15. The molecule has 10 nitrogen and oxygen atoms in total. The van der Waals surface area contributed by atoms with Gasteiger partial charge in [-0.1, -0.05) is 11.6 Å². The van der Waals surface area contributed by atoms with E-state index in [0.717, 1.165) is 38.1 Å². The molecule has 12 heteroatoms. The number of benzene rings is 1. The van der Waals surface area contributed by atoms with Gasteiger partial charge in [0, 0.05) is 61.0 Å². The summed E-state index contributed by atoms with van der Waals surface area (Å²) in [5, 5.41) is 10.6. The smallest absolute Gasteiger partial charge is 0.258 e. The number of carbonyl (C=O) groups is 1. The maximum absolute atomic E-state index is 12.7. The SMILES string of the molecule is CS(=O)(=O)Nc1cc(Cl)cc(NC(=O)c2cnn(-c3cc(N4CCNCC4)ccn3)c2)c1. The summed E-state index contributed by atoms with van der Waals surface area (Å²) in [6.45, 7) is 3.67. The van der Waals surface area contributed by atoms with Gasteiger partial charge in [-0.2, -0.15) is 5.10 Å². The van der Waals surface area contributed by atoms with E-state index >= 15 is 0 Å². The lowest BCUT2D eigenvalue weighted by molar-refractivity contribution is 0.102. The van der Waals surface area contributed by atoms with Crippen molar-refractivity contribution in [1.29, 1.82) is 0 Å². The molecule has 1 aromatic carbocycles. The van der Waals surface area contributed by atoms with Crippen molar-refractivity contribution in [2.24, 2.45) is 0 Å². The summed E-state index contributed by atoms with van der Waals surface area (Å²) in [5.41, 5.74) is 1.96. The fourth-order valence-corrected chi connectivity index (χ4v) is 4.14. The number of carbonyl (C=O) groups excluding carboxylic acids is 1. The fraction of sp³-hybridized carbons (Fsp3) is 0.250. The van der Waals surface area contributed by atoms with Gasteiger partial charge in [0.15, 0.2) is 5.82 Å². The van der Waals surface area contributed by atoms with Gasteiger partial charge in [-0.3, -0.25) is 9.52 Å². The molecule has 0 saturated carbocycles. The van der Waals surface area contributed by atoms with Gasteiger partial charge in [-0.05, 0) is 24.3 Å². The van der Waals surface area contributed by atoms with Gasteiger partial charge in [0.2, 0.25) is 10.0 Å². The maximum atomic E-state index is 12.7. The van der Waals surface area contributed by atoms with Crippen LogP contribution in [0, 0.1) is 0 Å². The Labute approximate surface area is 190 Å². The van der Waals surface area contributed by atoms with Gasteiger partial charge in [-0.15, -0.1) is 0 Å². The summed E-state index contributed by atoms with van der Waals surface area (Å²) in [6.07, 6.45) is 5.77.